The number of aromatic nitrogens is 1. The smallest absolute Gasteiger partial charge is 0.349 e. The normalized spacial score (nSPS) is 14.8. The molecule has 1 aromatic heterocycles. The zero-order chi connectivity index (χ0) is 8.88. The highest BCUT2D eigenvalue weighted by Crippen LogP contribution is 2.28. The van der Waals surface area contributed by atoms with Gasteiger partial charge in [-0.1, -0.05) is 0 Å². The summed E-state index contributed by atoms with van der Waals surface area (Å²) >= 11 is 3.18. The molecule has 2 heterocycles. The van der Waals surface area contributed by atoms with Crippen LogP contribution in [0.2, 0.25) is 0 Å². The summed E-state index contributed by atoms with van der Waals surface area (Å²) in [6.45, 7) is 0. The highest BCUT2D eigenvalue weighted by molar-refractivity contribution is 9.10. The maximum Gasteiger partial charge on any atom is 0.349 e. The molecule has 0 fully saturated rings. The van der Waals surface area contributed by atoms with Crippen molar-refractivity contribution in [2.24, 2.45) is 7.05 Å². The number of halogens is 1. The Balaban J connectivity index is 2.75. The fourth-order valence-corrected chi connectivity index (χ4v) is 1.62. The Kier molecular flexibility index (Phi) is 1.38. The van der Waals surface area contributed by atoms with Gasteiger partial charge < -0.3 is 9.30 Å². The Hall–Kier alpha value is -1.10. The fraction of sp³-hybridized carbons (Fsp3) is 0.143. The van der Waals surface area contributed by atoms with E-state index >= 15 is 0 Å². The van der Waals surface area contributed by atoms with Crippen LogP contribution >= 0.6 is 15.9 Å². The van der Waals surface area contributed by atoms with Gasteiger partial charge in [0.1, 0.15) is 5.56 Å². The molecule has 1 aliphatic rings. The van der Waals surface area contributed by atoms with Crippen LogP contribution in [0.15, 0.2) is 10.8 Å². The number of carbonyl (C=O) groups is 2. The van der Waals surface area contributed by atoms with Crippen molar-refractivity contribution in [3.05, 3.63) is 21.9 Å². The highest BCUT2D eigenvalue weighted by Gasteiger charge is 2.34. The largest absolute Gasteiger partial charge is 0.386 e. The third kappa shape index (κ3) is 0.768. The fourth-order valence-electron chi connectivity index (χ4n) is 1.14. The van der Waals surface area contributed by atoms with Gasteiger partial charge in [0.25, 0.3) is 0 Å². The van der Waals surface area contributed by atoms with Crippen LogP contribution in [0.1, 0.15) is 20.7 Å². The van der Waals surface area contributed by atoms with E-state index in [1.54, 1.807) is 17.8 Å². The van der Waals surface area contributed by atoms with E-state index in [2.05, 4.69) is 20.7 Å². The first-order valence-electron chi connectivity index (χ1n) is 3.22. The maximum absolute atomic E-state index is 11.0. The van der Waals surface area contributed by atoms with Crippen molar-refractivity contribution in [2.75, 3.05) is 0 Å². The second kappa shape index (κ2) is 2.20. The summed E-state index contributed by atoms with van der Waals surface area (Å²) in [6, 6.07) is 0. The van der Waals surface area contributed by atoms with Crippen molar-refractivity contribution in [1.82, 2.24) is 4.57 Å². The summed E-state index contributed by atoms with van der Waals surface area (Å²) in [5.74, 6) is -1.15. The molecule has 0 unspecified atom stereocenters. The summed E-state index contributed by atoms with van der Waals surface area (Å²) < 4.78 is 6.62. The van der Waals surface area contributed by atoms with E-state index in [1.807, 2.05) is 0 Å². The van der Waals surface area contributed by atoms with Crippen LogP contribution in [0.5, 0.6) is 0 Å². The van der Waals surface area contributed by atoms with Crippen molar-refractivity contribution in [3.8, 4) is 0 Å². The topological polar surface area (TPSA) is 48.3 Å². The predicted molar refractivity (Wildman–Crippen MR) is 42.9 cm³/mol. The molecule has 0 aromatic carbocycles. The molecule has 0 spiro atoms. The van der Waals surface area contributed by atoms with Gasteiger partial charge in [0, 0.05) is 13.2 Å². The first-order chi connectivity index (χ1) is 5.61. The molecule has 62 valence electrons. The van der Waals surface area contributed by atoms with Crippen LogP contribution in [0.4, 0.5) is 0 Å². The first kappa shape index (κ1) is 7.54. The lowest BCUT2D eigenvalue weighted by molar-refractivity contribution is 0.0441. The first-order valence-corrected chi connectivity index (χ1v) is 4.02. The van der Waals surface area contributed by atoms with Crippen LogP contribution in [-0.4, -0.2) is 16.5 Å². The lowest BCUT2D eigenvalue weighted by Crippen LogP contribution is -2.01. The van der Waals surface area contributed by atoms with Crippen molar-refractivity contribution < 1.29 is 14.3 Å². The number of hydrogen-bond acceptors (Lipinski definition) is 3. The summed E-state index contributed by atoms with van der Waals surface area (Å²) in [5.41, 5.74) is 0.650. The standard InChI is InChI=1S/C7H4BrNO3/c1-9-2-3-4(5(9)8)7(11)12-6(3)10/h2H,1H3. The summed E-state index contributed by atoms with van der Waals surface area (Å²) in [7, 11) is 1.74. The Morgan fingerprint density at radius 1 is 1.42 bits per heavy atom. The molecule has 1 aliphatic heterocycles. The molecule has 12 heavy (non-hydrogen) atoms. The van der Waals surface area contributed by atoms with Gasteiger partial charge in [-0.15, -0.1) is 0 Å². The van der Waals surface area contributed by atoms with Gasteiger partial charge in [0.05, 0.1) is 10.2 Å². The molecule has 0 atom stereocenters. The predicted octanol–water partition coefficient (Wildman–Crippen LogP) is 1.10. The summed E-state index contributed by atoms with van der Waals surface area (Å²) in [4.78, 5) is 22.0. The second-order valence-electron chi connectivity index (χ2n) is 2.50. The lowest BCUT2D eigenvalue weighted by atomic mass is 10.2. The quantitative estimate of drug-likeness (QED) is 0.495. The number of carbonyl (C=O) groups excluding carboxylic acids is 2. The van der Waals surface area contributed by atoms with Gasteiger partial charge in [-0.25, -0.2) is 9.59 Å². The SMILES string of the molecule is Cn1cc2c(c1Br)C(=O)OC2=O. The van der Waals surface area contributed by atoms with Gasteiger partial charge in [0.2, 0.25) is 0 Å². The monoisotopic (exact) mass is 229 g/mol. The van der Waals surface area contributed by atoms with E-state index in [-0.39, 0.29) is 0 Å². The molecule has 0 saturated carbocycles. The van der Waals surface area contributed by atoms with Crippen molar-refractivity contribution in [1.29, 1.82) is 0 Å². The number of nitrogens with zero attached hydrogens (tertiary/aromatic N) is 1. The van der Waals surface area contributed by atoms with Gasteiger partial charge in [-0.05, 0) is 15.9 Å². The van der Waals surface area contributed by atoms with Crippen molar-refractivity contribution in [2.45, 2.75) is 0 Å². The minimum atomic E-state index is -0.581. The van der Waals surface area contributed by atoms with Crippen LogP contribution in [-0.2, 0) is 11.8 Å². The molecule has 2 rings (SSSR count). The molecule has 4 nitrogen and oxygen atoms in total. The highest BCUT2D eigenvalue weighted by atomic mass is 79.9. The number of hydrogen-bond donors (Lipinski definition) is 0. The molecule has 0 amide bonds. The van der Waals surface area contributed by atoms with Gasteiger partial charge >= 0.3 is 11.9 Å². The third-order valence-electron chi connectivity index (χ3n) is 1.72. The molecule has 0 N–H and O–H groups in total. The van der Waals surface area contributed by atoms with E-state index in [1.165, 1.54) is 0 Å². The number of esters is 2. The van der Waals surface area contributed by atoms with E-state index in [0.29, 0.717) is 15.7 Å². The Bertz CT molecular complexity index is 394. The lowest BCUT2D eigenvalue weighted by Gasteiger charge is -1.94. The van der Waals surface area contributed by atoms with E-state index < -0.39 is 11.9 Å². The average molecular weight is 230 g/mol. The third-order valence-corrected chi connectivity index (χ3v) is 2.67. The number of rotatable bonds is 0. The average Bonchev–Trinajstić information content (AvgIpc) is 2.41. The molecule has 1 aromatic rings. The number of ether oxygens (including phenoxy) is 1. The van der Waals surface area contributed by atoms with Crippen LogP contribution < -0.4 is 0 Å². The van der Waals surface area contributed by atoms with Crippen LogP contribution in [0, 0.1) is 0 Å². The summed E-state index contributed by atoms with van der Waals surface area (Å²) in [5, 5.41) is 0. The van der Waals surface area contributed by atoms with Crippen molar-refractivity contribution in [3.63, 3.8) is 0 Å². The second-order valence-corrected chi connectivity index (χ2v) is 3.25. The number of fused-ring (bicyclic) bond motifs is 1. The maximum atomic E-state index is 11.0. The molecule has 0 radical (unpaired) electrons. The Labute approximate surface area is 76.2 Å². The zero-order valence-electron chi connectivity index (χ0n) is 6.13. The van der Waals surface area contributed by atoms with E-state index in [4.69, 9.17) is 0 Å². The number of aryl methyl sites for hydroxylation is 1. The molecule has 0 aliphatic carbocycles. The van der Waals surface area contributed by atoms with E-state index in [0.717, 1.165) is 0 Å². The molecular weight excluding hydrogens is 226 g/mol. The molecule has 0 saturated heterocycles. The molecular formula is C7H4BrNO3. The number of cyclic esters (lactones) is 2. The van der Waals surface area contributed by atoms with Gasteiger partial charge in [0.15, 0.2) is 0 Å². The Morgan fingerprint density at radius 3 is 2.67 bits per heavy atom. The molecule has 5 heteroatoms. The van der Waals surface area contributed by atoms with Gasteiger partial charge in [-0.3, -0.25) is 0 Å². The van der Waals surface area contributed by atoms with Crippen LogP contribution in [0.25, 0.3) is 0 Å². The Morgan fingerprint density at radius 2 is 2.08 bits per heavy atom. The minimum Gasteiger partial charge on any atom is -0.386 e. The molecule has 0 bridgehead atoms. The van der Waals surface area contributed by atoms with Gasteiger partial charge in [-0.2, -0.15) is 0 Å². The van der Waals surface area contributed by atoms with E-state index in [9.17, 15) is 9.59 Å². The minimum absolute atomic E-state index is 0.322. The van der Waals surface area contributed by atoms with Crippen molar-refractivity contribution >= 4 is 27.9 Å². The summed E-state index contributed by atoms with van der Waals surface area (Å²) in [6.07, 6.45) is 1.56. The zero-order valence-corrected chi connectivity index (χ0v) is 7.71. The van der Waals surface area contributed by atoms with Crippen LogP contribution in [0.3, 0.4) is 0 Å².